The van der Waals surface area contributed by atoms with E-state index in [4.69, 9.17) is 11.1 Å². The van der Waals surface area contributed by atoms with E-state index in [-0.39, 0.29) is 5.84 Å². The van der Waals surface area contributed by atoms with Crippen LogP contribution in [0.4, 0.5) is 0 Å². The van der Waals surface area contributed by atoms with Gasteiger partial charge in [-0.05, 0) is 15.9 Å². The summed E-state index contributed by atoms with van der Waals surface area (Å²) in [5.74, 6) is 0.191. The Balaban J connectivity index is 2.45. The number of halogens is 1. The summed E-state index contributed by atoms with van der Waals surface area (Å²) in [6.07, 6.45) is 4.11. The summed E-state index contributed by atoms with van der Waals surface area (Å²) in [5.41, 5.74) is 5.18. The van der Waals surface area contributed by atoms with Crippen LogP contribution < -0.4 is 5.73 Å². The minimum Gasteiger partial charge on any atom is -0.388 e. The van der Waals surface area contributed by atoms with Gasteiger partial charge in [-0.3, -0.25) is 10.1 Å². The molecule has 5 heteroatoms. The van der Waals surface area contributed by atoms with Gasteiger partial charge in [0.05, 0.1) is 16.5 Å². The fourth-order valence-corrected chi connectivity index (χ4v) is 1.02. The first-order chi connectivity index (χ1) is 5.18. The Hall–Kier alpha value is -0.840. The molecule has 0 aliphatic rings. The molecule has 1 rings (SSSR count). The van der Waals surface area contributed by atoms with E-state index in [1.165, 1.54) is 0 Å². The predicted octanol–water partition coefficient (Wildman–Crippen LogP) is 0.972. The number of nitrogens with one attached hydrogen (secondary N) is 1. The van der Waals surface area contributed by atoms with Crippen LogP contribution in [0.25, 0.3) is 0 Å². The molecule has 4 nitrogen and oxygen atoms in total. The Labute approximate surface area is 73.0 Å². The highest BCUT2D eigenvalue weighted by molar-refractivity contribution is 9.10. The molecule has 1 aromatic heterocycles. The van der Waals surface area contributed by atoms with E-state index < -0.39 is 0 Å². The molecule has 0 unspecified atom stereocenters. The van der Waals surface area contributed by atoms with Gasteiger partial charge in [0.2, 0.25) is 0 Å². The fraction of sp³-hybridized carbons (Fsp3) is 0.333. The van der Waals surface area contributed by atoms with Crippen LogP contribution >= 0.6 is 15.9 Å². The molecule has 0 fully saturated rings. The third-order valence-corrected chi connectivity index (χ3v) is 1.62. The molecule has 0 saturated carbocycles. The van der Waals surface area contributed by atoms with E-state index in [0.29, 0.717) is 13.0 Å². The van der Waals surface area contributed by atoms with E-state index in [0.717, 1.165) is 4.47 Å². The first-order valence-electron chi connectivity index (χ1n) is 3.19. The molecule has 0 saturated heterocycles. The largest absolute Gasteiger partial charge is 0.388 e. The number of aryl methyl sites for hydroxylation is 1. The molecule has 0 amide bonds. The molecule has 0 atom stereocenters. The lowest BCUT2D eigenvalue weighted by Crippen LogP contribution is -2.13. The van der Waals surface area contributed by atoms with Gasteiger partial charge >= 0.3 is 0 Å². The Morgan fingerprint density at radius 2 is 2.55 bits per heavy atom. The number of hydrogen-bond donors (Lipinski definition) is 2. The molecule has 0 bridgehead atoms. The van der Waals surface area contributed by atoms with Gasteiger partial charge in [-0.15, -0.1) is 0 Å². The minimum atomic E-state index is 0.191. The summed E-state index contributed by atoms with van der Waals surface area (Å²) in [4.78, 5) is 0. The third kappa shape index (κ3) is 2.71. The molecule has 60 valence electrons. The van der Waals surface area contributed by atoms with Gasteiger partial charge < -0.3 is 5.73 Å². The second-order valence-electron chi connectivity index (χ2n) is 2.20. The normalized spacial score (nSPS) is 9.91. The number of rotatable bonds is 3. The lowest BCUT2D eigenvalue weighted by molar-refractivity contribution is 0.631. The maximum Gasteiger partial charge on any atom is 0.0923 e. The third-order valence-electron chi connectivity index (χ3n) is 1.21. The van der Waals surface area contributed by atoms with E-state index in [1.807, 2.05) is 6.20 Å². The van der Waals surface area contributed by atoms with E-state index in [9.17, 15) is 0 Å². The summed E-state index contributed by atoms with van der Waals surface area (Å²) in [6, 6.07) is 0. The van der Waals surface area contributed by atoms with E-state index in [2.05, 4.69) is 21.0 Å². The van der Waals surface area contributed by atoms with Crippen LogP contribution in [-0.4, -0.2) is 15.6 Å². The highest BCUT2D eigenvalue weighted by Gasteiger charge is 1.95. The standard InChI is InChI=1S/C6H9BrN4/c7-5-3-10-11(4-5)2-1-6(8)9/h3-4H,1-2H2,(H3,8,9). The molecule has 0 aliphatic carbocycles. The Morgan fingerprint density at radius 3 is 3.00 bits per heavy atom. The van der Waals surface area contributed by atoms with E-state index >= 15 is 0 Å². The number of nitrogens with two attached hydrogens (primary N) is 1. The summed E-state index contributed by atoms with van der Waals surface area (Å²) in [5, 5.41) is 11.0. The Kier molecular flexibility index (Phi) is 2.64. The average Bonchev–Trinajstić information content (AvgIpc) is 2.31. The molecule has 0 aromatic carbocycles. The van der Waals surface area contributed by atoms with Gasteiger partial charge in [-0.25, -0.2) is 0 Å². The van der Waals surface area contributed by atoms with Crippen molar-refractivity contribution in [3.63, 3.8) is 0 Å². The van der Waals surface area contributed by atoms with Crippen LogP contribution in [0.15, 0.2) is 16.9 Å². The van der Waals surface area contributed by atoms with Crippen LogP contribution in [0.3, 0.4) is 0 Å². The van der Waals surface area contributed by atoms with Crippen LogP contribution in [0.2, 0.25) is 0 Å². The van der Waals surface area contributed by atoms with Crippen molar-refractivity contribution in [1.82, 2.24) is 9.78 Å². The van der Waals surface area contributed by atoms with Gasteiger partial charge in [0.15, 0.2) is 0 Å². The Bertz CT molecular complexity index is 255. The molecular formula is C6H9BrN4. The van der Waals surface area contributed by atoms with Crippen molar-refractivity contribution >= 4 is 21.8 Å². The monoisotopic (exact) mass is 216 g/mol. The van der Waals surface area contributed by atoms with Crippen LogP contribution in [0.1, 0.15) is 6.42 Å². The van der Waals surface area contributed by atoms with Gasteiger partial charge in [0.1, 0.15) is 0 Å². The second-order valence-corrected chi connectivity index (χ2v) is 3.11. The molecule has 1 aromatic rings. The summed E-state index contributed by atoms with van der Waals surface area (Å²) < 4.78 is 2.69. The number of hydrogen-bond acceptors (Lipinski definition) is 2. The molecule has 1 heterocycles. The van der Waals surface area contributed by atoms with Gasteiger partial charge in [0.25, 0.3) is 0 Å². The van der Waals surface area contributed by atoms with Gasteiger partial charge in [-0.2, -0.15) is 5.10 Å². The van der Waals surface area contributed by atoms with Crippen LogP contribution in [0.5, 0.6) is 0 Å². The van der Waals surface area contributed by atoms with Crippen molar-refractivity contribution in [2.45, 2.75) is 13.0 Å². The SMILES string of the molecule is N=C(N)CCn1cc(Br)cn1. The van der Waals surface area contributed by atoms with Gasteiger partial charge in [-0.1, -0.05) is 0 Å². The number of nitrogens with zero attached hydrogens (tertiary/aromatic N) is 2. The smallest absolute Gasteiger partial charge is 0.0923 e. The summed E-state index contributed by atoms with van der Waals surface area (Å²) in [6.45, 7) is 0.668. The van der Waals surface area contributed by atoms with E-state index in [1.54, 1.807) is 10.9 Å². The van der Waals surface area contributed by atoms with Crippen molar-refractivity contribution in [3.8, 4) is 0 Å². The molecule has 3 N–H and O–H groups in total. The zero-order valence-electron chi connectivity index (χ0n) is 5.92. The topological polar surface area (TPSA) is 67.7 Å². The lowest BCUT2D eigenvalue weighted by Gasteiger charge is -1.97. The zero-order valence-corrected chi connectivity index (χ0v) is 7.50. The zero-order chi connectivity index (χ0) is 8.27. The molecule has 0 spiro atoms. The van der Waals surface area contributed by atoms with Gasteiger partial charge in [0, 0.05) is 19.2 Å². The Morgan fingerprint density at radius 1 is 1.82 bits per heavy atom. The summed E-state index contributed by atoms with van der Waals surface area (Å²) in [7, 11) is 0. The van der Waals surface area contributed by atoms with Crippen molar-refractivity contribution in [2.75, 3.05) is 0 Å². The average molecular weight is 217 g/mol. The maximum absolute atomic E-state index is 6.98. The van der Waals surface area contributed by atoms with Crippen LogP contribution in [0, 0.1) is 5.41 Å². The van der Waals surface area contributed by atoms with Crippen molar-refractivity contribution < 1.29 is 0 Å². The minimum absolute atomic E-state index is 0.191. The van der Waals surface area contributed by atoms with Crippen LogP contribution in [-0.2, 0) is 6.54 Å². The fourth-order valence-electron chi connectivity index (χ4n) is 0.696. The highest BCUT2D eigenvalue weighted by atomic mass is 79.9. The maximum atomic E-state index is 6.98. The molecule has 0 radical (unpaired) electrons. The number of amidine groups is 1. The lowest BCUT2D eigenvalue weighted by atomic mass is 10.4. The second kappa shape index (κ2) is 3.52. The van der Waals surface area contributed by atoms with Crippen molar-refractivity contribution in [2.24, 2.45) is 5.73 Å². The first kappa shape index (κ1) is 8.26. The highest BCUT2D eigenvalue weighted by Crippen LogP contribution is 2.06. The first-order valence-corrected chi connectivity index (χ1v) is 3.98. The van der Waals surface area contributed by atoms with Crippen molar-refractivity contribution in [1.29, 1.82) is 5.41 Å². The molecular weight excluding hydrogens is 208 g/mol. The summed E-state index contributed by atoms with van der Waals surface area (Å²) >= 11 is 3.27. The predicted molar refractivity (Wildman–Crippen MR) is 46.5 cm³/mol. The van der Waals surface area contributed by atoms with Crippen molar-refractivity contribution in [3.05, 3.63) is 16.9 Å². The molecule has 11 heavy (non-hydrogen) atoms. The quantitative estimate of drug-likeness (QED) is 0.585. The number of aromatic nitrogens is 2. The molecule has 0 aliphatic heterocycles.